The fourth-order valence-corrected chi connectivity index (χ4v) is 4.89. The lowest BCUT2D eigenvalue weighted by Crippen LogP contribution is -2.63. The number of aliphatic hydroxyl groups is 6. The topological polar surface area (TPSA) is 230 Å². The Labute approximate surface area is 238 Å². The summed E-state index contributed by atoms with van der Waals surface area (Å²) in [5.41, 5.74) is 1.05. The van der Waals surface area contributed by atoms with Crippen LogP contribution >= 0.6 is 0 Å². The first-order valence-corrected chi connectivity index (χ1v) is 13.3. The Morgan fingerprint density at radius 2 is 1.38 bits per heavy atom. The first-order valence-electron chi connectivity index (χ1n) is 13.3. The zero-order valence-electron chi connectivity index (χ0n) is 22.5. The highest BCUT2D eigenvalue weighted by Crippen LogP contribution is 2.41. The van der Waals surface area contributed by atoms with E-state index in [9.17, 15) is 46.0 Å². The summed E-state index contributed by atoms with van der Waals surface area (Å²) in [5, 5.41) is 92.9. The molecule has 228 valence electrons. The molecule has 0 amide bonds. The van der Waals surface area contributed by atoms with Gasteiger partial charge in [0.25, 0.3) is 0 Å². The van der Waals surface area contributed by atoms with E-state index in [4.69, 9.17) is 23.4 Å². The number of aromatic hydroxyl groups is 3. The van der Waals surface area contributed by atoms with Crippen LogP contribution in [0.2, 0.25) is 0 Å². The van der Waals surface area contributed by atoms with Crippen LogP contribution in [-0.4, -0.2) is 108 Å². The number of rotatable bonds is 6. The highest BCUT2D eigenvalue weighted by Gasteiger charge is 2.50. The SMILES string of the molecule is CCc1cc(-c2[o+]c3cc(O)cc(O)c3cc2OC2OC(OC3OC(C)C(O)C(O)C3O)C(O)C(O)C2O)ccc1O. The molecule has 14 nitrogen and oxygen atoms in total. The lowest BCUT2D eigenvalue weighted by Gasteiger charge is -2.44. The number of phenolic OH excluding ortho intramolecular Hbond substituents is 3. The molecule has 9 N–H and O–H groups in total. The molecule has 42 heavy (non-hydrogen) atoms. The van der Waals surface area contributed by atoms with E-state index < -0.39 is 61.6 Å². The maximum Gasteiger partial charge on any atom is 0.402 e. The van der Waals surface area contributed by atoms with Crippen LogP contribution in [0.5, 0.6) is 23.0 Å². The normalized spacial score (nSPS) is 33.5. The molecule has 0 spiro atoms. The molecule has 3 aromatic rings. The van der Waals surface area contributed by atoms with E-state index in [2.05, 4.69) is 0 Å². The summed E-state index contributed by atoms with van der Waals surface area (Å²) in [7, 11) is 0. The zero-order chi connectivity index (χ0) is 30.5. The summed E-state index contributed by atoms with van der Waals surface area (Å²) < 4.78 is 28.4. The van der Waals surface area contributed by atoms with Gasteiger partial charge in [-0.25, -0.2) is 4.42 Å². The zero-order valence-corrected chi connectivity index (χ0v) is 22.5. The van der Waals surface area contributed by atoms with Crippen LogP contribution in [0.3, 0.4) is 0 Å². The number of aryl methyl sites for hydroxylation is 1. The monoisotopic (exact) mass is 593 g/mol. The summed E-state index contributed by atoms with van der Waals surface area (Å²) in [6.07, 6.45) is -16.0. The van der Waals surface area contributed by atoms with Crippen LogP contribution in [0.25, 0.3) is 22.3 Å². The number of benzene rings is 2. The van der Waals surface area contributed by atoms with Gasteiger partial charge in [-0.2, -0.15) is 0 Å². The van der Waals surface area contributed by atoms with Crippen LogP contribution in [0, 0.1) is 0 Å². The maximum absolute atomic E-state index is 10.7. The van der Waals surface area contributed by atoms with Gasteiger partial charge in [0, 0.05) is 12.1 Å². The van der Waals surface area contributed by atoms with Crippen molar-refractivity contribution in [3.63, 3.8) is 0 Å². The van der Waals surface area contributed by atoms with E-state index in [0.29, 0.717) is 17.5 Å². The third kappa shape index (κ3) is 5.56. The van der Waals surface area contributed by atoms with Gasteiger partial charge in [-0.15, -0.1) is 0 Å². The van der Waals surface area contributed by atoms with Crippen LogP contribution in [0.15, 0.2) is 40.8 Å². The second-order valence-electron chi connectivity index (χ2n) is 10.3. The molecule has 2 aliphatic heterocycles. The van der Waals surface area contributed by atoms with Gasteiger partial charge >= 0.3 is 11.3 Å². The van der Waals surface area contributed by atoms with Gasteiger partial charge < -0.3 is 64.9 Å². The first-order chi connectivity index (χ1) is 19.9. The number of fused-ring (bicyclic) bond motifs is 1. The maximum atomic E-state index is 10.7. The largest absolute Gasteiger partial charge is 0.508 e. The fourth-order valence-electron chi connectivity index (χ4n) is 4.89. The molecule has 0 saturated carbocycles. The molecule has 3 heterocycles. The number of aliphatic hydroxyl groups excluding tert-OH is 6. The molecule has 0 aliphatic carbocycles. The lowest BCUT2D eigenvalue weighted by atomic mass is 10.00. The van der Waals surface area contributed by atoms with E-state index >= 15 is 0 Å². The summed E-state index contributed by atoms with van der Waals surface area (Å²) in [6.45, 7) is 3.25. The summed E-state index contributed by atoms with van der Waals surface area (Å²) >= 11 is 0. The quantitative estimate of drug-likeness (QED) is 0.172. The van der Waals surface area contributed by atoms with Crippen molar-refractivity contribution in [3.05, 3.63) is 42.0 Å². The smallest absolute Gasteiger partial charge is 0.402 e. The molecule has 10 unspecified atom stereocenters. The van der Waals surface area contributed by atoms with Crippen molar-refractivity contribution in [1.29, 1.82) is 0 Å². The first kappa shape index (κ1) is 30.2. The van der Waals surface area contributed by atoms with Crippen LogP contribution in [-0.2, 0) is 20.6 Å². The summed E-state index contributed by atoms with van der Waals surface area (Å²) in [6, 6.07) is 8.28. The average molecular weight is 594 g/mol. The Morgan fingerprint density at radius 1 is 0.738 bits per heavy atom. The molecule has 10 atom stereocenters. The van der Waals surface area contributed by atoms with Crippen LogP contribution in [0.4, 0.5) is 0 Å². The molecule has 2 aliphatic rings. The predicted molar refractivity (Wildman–Crippen MR) is 141 cm³/mol. The van der Waals surface area contributed by atoms with Gasteiger partial charge in [-0.3, -0.25) is 0 Å². The highest BCUT2D eigenvalue weighted by atomic mass is 16.8. The average Bonchev–Trinajstić information content (AvgIpc) is 2.96. The molecule has 14 heteroatoms. The second kappa shape index (κ2) is 11.8. The highest BCUT2D eigenvalue weighted by molar-refractivity contribution is 5.88. The molecule has 2 aromatic carbocycles. The van der Waals surface area contributed by atoms with Gasteiger partial charge in [0.15, 0.2) is 12.6 Å². The van der Waals surface area contributed by atoms with Gasteiger partial charge in [0.2, 0.25) is 12.0 Å². The van der Waals surface area contributed by atoms with Gasteiger partial charge in [0.05, 0.1) is 17.7 Å². The van der Waals surface area contributed by atoms with E-state index in [0.717, 1.165) is 6.07 Å². The molecule has 2 saturated heterocycles. The van der Waals surface area contributed by atoms with Gasteiger partial charge in [-0.1, -0.05) is 6.92 Å². The number of hydrogen-bond acceptors (Lipinski definition) is 13. The van der Waals surface area contributed by atoms with Crippen molar-refractivity contribution in [2.75, 3.05) is 0 Å². The minimum Gasteiger partial charge on any atom is -0.508 e. The molecular weight excluding hydrogens is 560 g/mol. The fraction of sp³-hybridized carbons (Fsp3) is 0.464. The molecular formula is C28H33O14+. The van der Waals surface area contributed by atoms with Crippen molar-refractivity contribution in [1.82, 2.24) is 0 Å². The number of ether oxygens (including phenoxy) is 4. The Balaban J connectivity index is 1.50. The van der Waals surface area contributed by atoms with Crippen molar-refractivity contribution in [2.24, 2.45) is 0 Å². The Hall–Kier alpha value is -3.31. The van der Waals surface area contributed by atoms with Crippen molar-refractivity contribution in [2.45, 2.75) is 81.9 Å². The minimum atomic E-state index is -1.88. The van der Waals surface area contributed by atoms with Crippen LogP contribution in [0.1, 0.15) is 19.4 Å². The molecule has 2 fully saturated rings. The van der Waals surface area contributed by atoms with E-state index in [1.165, 1.54) is 31.2 Å². The van der Waals surface area contributed by atoms with E-state index in [1.54, 1.807) is 6.07 Å². The minimum absolute atomic E-state index is 0.0352. The molecule has 1 aromatic heterocycles. The molecule has 5 rings (SSSR count). The molecule has 0 bridgehead atoms. The lowest BCUT2D eigenvalue weighted by molar-refractivity contribution is -0.388. The van der Waals surface area contributed by atoms with Crippen LogP contribution < -0.4 is 4.74 Å². The van der Waals surface area contributed by atoms with Crippen molar-refractivity contribution < 1.29 is 69.3 Å². The Morgan fingerprint density at radius 3 is 2.07 bits per heavy atom. The van der Waals surface area contributed by atoms with Crippen molar-refractivity contribution in [3.8, 4) is 34.3 Å². The third-order valence-corrected chi connectivity index (χ3v) is 7.38. The van der Waals surface area contributed by atoms with Gasteiger partial charge in [-0.05, 0) is 37.1 Å². The van der Waals surface area contributed by atoms with E-state index in [-0.39, 0.29) is 39.7 Å². The Bertz CT molecular complexity index is 1430. The number of hydrogen-bond donors (Lipinski definition) is 9. The molecule has 0 radical (unpaired) electrons. The number of phenols is 3. The van der Waals surface area contributed by atoms with Crippen molar-refractivity contribution >= 4 is 11.0 Å². The summed E-state index contributed by atoms with van der Waals surface area (Å²) in [4.78, 5) is 0. The van der Waals surface area contributed by atoms with Gasteiger partial charge in [0.1, 0.15) is 59.3 Å². The standard InChI is InChI=1S/C28H32O14/c1-3-11-6-12(4-5-15(11)30)25-18(9-14-16(31)7-13(29)8-17(14)39-25)40-27-23(36)21(34)24(37)28(42-27)41-26-22(35)20(33)19(32)10(2)38-26/h4-10,19-24,26-28,32-37H,3H2,1-2H3,(H2-,29,30,31)/p+1. The third-order valence-electron chi connectivity index (χ3n) is 7.38. The second-order valence-corrected chi connectivity index (χ2v) is 10.3. The van der Waals surface area contributed by atoms with E-state index in [1.807, 2.05) is 6.92 Å². The summed E-state index contributed by atoms with van der Waals surface area (Å²) in [5.74, 6) is -0.658. The predicted octanol–water partition coefficient (Wildman–Crippen LogP) is 0.0481. The Kier molecular flexibility index (Phi) is 8.44.